The molecule has 0 saturated carbocycles. The molecule has 1 aromatic carbocycles. The van der Waals surface area contributed by atoms with E-state index in [9.17, 15) is 14.9 Å². The largest absolute Gasteiger partial charge is 0.475 e. The van der Waals surface area contributed by atoms with Crippen LogP contribution in [0.15, 0.2) is 24.3 Å². The summed E-state index contributed by atoms with van der Waals surface area (Å²) in [5.41, 5.74) is 0.0443. The van der Waals surface area contributed by atoms with Crippen LogP contribution in [-0.2, 0) is 5.41 Å². The second kappa shape index (κ2) is 4.97. The Morgan fingerprint density at radius 3 is 2.29 bits per heavy atom. The highest BCUT2D eigenvalue weighted by atomic mass is 16.6. The highest BCUT2D eigenvalue weighted by molar-refractivity contribution is 5.83. The number of hydrogen-bond donors (Lipinski definition) is 1. The summed E-state index contributed by atoms with van der Waals surface area (Å²) in [5, 5.41) is 23.6. The molecular formula is C13H14N4O4. The number of benzene rings is 1. The quantitative estimate of drug-likeness (QED) is 0.685. The normalized spacial score (nSPS) is 11.4. The summed E-state index contributed by atoms with van der Waals surface area (Å²) in [6, 6.07) is 5.69. The van der Waals surface area contributed by atoms with Crippen molar-refractivity contribution < 1.29 is 14.8 Å². The van der Waals surface area contributed by atoms with Gasteiger partial charge in [-0.15, -0.1) is 5.10 Å². The number of carboxylic acids is 1. The molecule has 0 radical (unpaired) electrons. The van der Waals surface area contributed by atoms with Gasteiger partial charge in [-0.25, -0.2) is 14.5 Å². The summed E-state index contributed by atoms with van der Waals surface area (Å²) in [5.74, 6) is -1.06. The van der Waals surface area contributed by atoms with Crippen LogP contribution in [0.4, 0.5) is 5.69 Å². The summed E-state index contributed by atoms with van der Waals surface area (Å²) in [6.07, 6.45) is 0. The number of non-ortho nitro benzene ring substituents is 1. The first-order valence-corrected chi connectivity index (χ1v) is 6.16. The fourth-order valence-corrected chi connectivity index (χ4v) is 1.78. The molecule has 0 amide bonds. The number of nitro benzene ring substituents is 1. The molecule has 0 fully saturated rings. The van der Waals surface area contributed by atoms with E-state index in [2.05, 4.69) is 10.1 Å². The van der Waals surface area contributed by atoms with Crippen LogP contribution in [0.25, 0.3) is 5.69 Å². The summed E-state index contributed by atoms with van der Waals surface area (Å²) in [4.78, 5) is 25.2. The molecule has 0 bridgehead atoms. The van der Waals surface area contributed by atoms with Crippen LogP contribution >= 0.6 is 0 Å². The molecular weight excluding hydrogens is 276 g/mol. The molecule has 1 N–H and O–H groups in total. The Bertz CT molecular complexity index is 698. The predicted octanol–water partition coefficient (Wildman–Crippen LogP) is 2.17. The maximum Gasteiger partial charge on any atom is 0.375 e. The third-order valence-electron chi connectivity index (χ3n) is 2.77. The Kier molecular flexibility index (Phi) is 3.46. The van der Waals surface area contributed by atoms with Gasteiger partial charge in [0.05, 0.1) is 10.6 Å². The fraction of sp³-hybridized carbons (Fsp3) is 0.308. The van der Waals surface area contributed by atoms with Gasteiger partial charge < -0.3 is 5.11 Å². The average Bonchev–Trinajstić information content (AvgIpc) is 2.84. The van der Waals surface area contributed by atoms with E-state index in [0.29, 0.717) is 11.5 Å². The van der Waals surface area contributed by atoms with E-state index >= 15 is 0 Å². The van der Waals surface area contributed by atoms with Crippen molar-refractivity contribution in [2.24, 2.45) is 0 Å². The van der Waals surface area contributed by atoms with E-state index in [1.54, 1.807) is 0 Å². The van der Waals surface area contributed by atoms with Crippen LogP contribution < -0.4 is 0 Å². The minimum absolute atomic E-state index is 0.0466. The topological polar surface area (TPSA) is 111 Å². The molecule has 2 aromatic rings. The number of aromatic carboxylic acids is 1. The number of hydrogen-bond acceptors (Lipinski definition) is 5. The summed E-state index contributed by atoms with van der Waals surface area (Å²) in [6.45, 7) is 5.64. The van der Waals surface area contributed by atoms with Crippen molar-refractivity contribution in [2.75, 3.05) is 0 Å². The summed E-state index contributed by atoms with van der Waals surface area (Å²) in [7, 11) is 0. The van der Waals surface area contributed by atoms with Crippen LogP contribution in [0.1, 0.15) is 37.2 Å². The average molecular weight is 290 g/mol. The first-order valence-electron chi connectivity index (χ1n) is 6.16. The molecule has 2 rings (SSSR count). The lowest BCUT2D eigenvalue weighted by Gasteiger charge is -2.18. The molecule has 21 heavy (non-hydrogen) atoms. The molecule has 0 atom stereocenters. The molecule has 1 aromatic heterocycles. The van der Waals surface area contributed by atoms with Crippen LogP contribution in [0.2, 0.25) is 0 Å². The van der Waals surface area contributed by atoms with Gasteiger partial charge in [-0.05, 0) is 12.1 Å². The van der Waals surface area contributed by atoms with Gasteiger partial charge in [0, 0.05) is 17.5 Å². The zero-order valence-corrected chi connectivity index (χ0v) is 11.8. The van der Waals surface area contributed by atoms with E-state index in [1.165, 1.54) is 28.9 Å². The Hall–Kier alpha value is -2.77. The lowest BCUT2D eigenvalue weighted by atomic mass is 9.95. The first kappa shape index (κ1) is 14.6. The molecule has 0 aliphatic rings. The molecule has 8 heteroatoms. The SMILES string of the molecule is CC(C)(C)c1nc(C(=O)O)nn1-c1ccc([N+](=O)[O-])cc1. The molecule has 0 saturated heterocycles. The lowest BCUT2D eigenvalue weighted by Crippen LogP contribution is -2.18. The summed E-state index contributed by atoms with van der Waals surface area (Å²) >= 11 is 0. The van der Waals surface area contributed by atoms with Gasteiger partial charge in [0.25, 0.3) is 11.5 Å². The third-order valence-corrected chi connectivity index (χ3v) is 2.77. The first-order chi connectivity index (χ1) is 9.70. The Labute approximate surface area is 120 Å². The molecule has 0 unspecified atom stereocenters. The molecule has 0 aliphatic heterocycles. The third kappa shape index (κ3) is 2.88. The summed E-state index contributed by atoms with van der Waals surface area (Å²) < 4.78 is 1.40. The standard InChI is InChI=1S/C13H14N4O4/c1-13(2,3)12-14-10(11(18)19)15-16(12)8-4-6-9(7-5-8)17(20)21/h4-7H,1-3H3,(H,18,19). The van der Waals surface area contributed by atoms with Crippen molar-refractivity contribution >= 4 is 11.7 Å². The molecule has 0 spiro atoms. The van der Waals surface area contributed by atoms with Crippen molar-refractivity contribution in [1.29, 1.82) is 0 Å². The maximum absolute atomic E-state index is 11.0. The Morgan fingerprint density at radius 2 is 1.86 bits per heavy atom. The Morgan fingerprint density at radius 1 is 1.29 bits per heavy atom. The second-order valence-electron chi connectivity index (χ2n) is 5.50. The van der Waals surface area contributed by atoms with E-state index in [1.807, 2.05) is 20.8 Å². The van der Waals surface area contributed by atoms with Crippen molar-refractivity contribution in [2.45, 2.75) is 26.2 Å². The minimum atomic E-state index is -1.22. The number of nitro groups is 1. The van der Waals surface area contributed by atoms with Gasteiger partial charge in [0.1, 0.15) is 5.82 Å². The van der Waals surface area contributed by atoms with Gasteiger partial charge >= 0.3 is 5.97 Å². The van der Waals surface area contributed by atoms with Crippen LogP contribution in [0, 0.1) is 10.1 Å². The van der Waals surface area contributed by atoms with Gasteiger partial charge in [-0.2, -0.15) is 0 Å². The lowest BCUT2D eigenvalue weighted by molar-refractivity contribution is -0.384. The van der Waals surface area contributed by atoms with Crippen molar-refractivity contribution in [3.05, 3.63) is 46.0 Å². The fourth-order valence-electron chi connectivity index (χ4n) is 1.78. The highest BCUT2D eigenvalue weighted by Crippen LogP contribution is 2.24. The van der Waals surface area contributed by atoms with E-state index in [0.717, 1.165) is 0 Å². The van der Waals surface area contributed by atoms with Crippen molar-refractivity contribution in [3.63, 3.8) is 0 Å². The van der Waals surface area contributed by atoms with Gasteiger partial charge in [0.15, 0.2) is 0 Å². The van der Waals surface area contributed by atoms with E-state index < -0.39 is 16.3 Å². The van der Waals surface area contributed by atoms with Gasteiger partial charge in [0.2, 0.25) is 0 Å². The van der Waals surface area contributed by atoms with E-state index in [-0.39, 0.29) is 11.5 Å². The van der Waals surface area contributed by atoms with Crippen LogP contribution in [-0.4, -0.2) is 30.8 Å². The van der Waals surface area contributed by atoms with E-state index in [4.69, 9.17) is 5.11 Å². The van der Waals surface area contributed by atoms with Crippen molar-refractivity contribution in [1.82, 2.24) is 14.8 Å². The minimum Gasteiger partial charge on any atom is -0.475 e. The molecule has 0 aliphatic carbocycles. The predicted molar refractivity (Wildman–Crippen MR) is 73.7 cm³/mol. The molecule has 8 nitrogen and oxygen atoms in total. The molecule has 1 heterocycles. The number of rotatable bonds is 3. The highest BCUT2D eigenvalue weighted by Gasteiger charge is 2.26. The number of nitrogens with zero attached hydrogens (tertiary/aromatic N) is 4. The zero-order chi connectivity index (χ0) is 15.8. The maximum atomic E-state index is 11.0. The number of aromatic nitrogens is 3. The van der Waals surface area contributed by atoms with Gasteiger partial charge in [-0.3, -0.25) is 10.1 Å². The smallest absolute Gasteiger partial charge is 0.375 e. The zero-order valence-electron chi connectivity index (χ0n) is 11.8. The van der Waals surface area contributed by atoms with Crippen LogP contribution in [0.3, 0.4) is 0 Å². The second-order valence-corrected chi connectivity index (χ2v) is 5.50. The Balaban J connectivity index is 2.56. The monoisotopic (exact) mass is 290 g/mol. The number of carboxylic acid groups (broad SMARTS) is 1. The van der Waals surface area contributed by atoms with Crippen LogP contribution in [0.5, 0.6) is 0 Å². The molecule has 110 valence electrons. The number of carbonyl (C=O) groups is 1. The van der Waals surface area contributed by atoms with Gasteiger partial charge in [-0.1, -0.05) is 20.8 Å². The van der Waals surface area contributed by atoms with Crippen molar-refractivity contribution in [3.8, 4) is 5.69 Å².